The van der Waals surface area contributed by atoms with E-state index in [9.17, 15) is 14.4 Å². The van der Waals surface area contributed by atoms with Gasteiger partial charge in [-0.2, -0.15) is 0 Å². The number of amides is 1. The van der Waals surface area contributed by atoms with Gasteiger partial charge in [-0.15, -0.1) is 0 Å². The van der Waals surface area contributed by atoms with Crippen molar-refractivity contribution in [2.45, 2.75) is 25.4 Å². The van der Waals surface area contributed by atoms with E-state index in [2.05, 4.69) is 10.3 Å². The molecule has 0 saturated heterocycles. The maximum absolute atomic E-state index is 12.5. The normalized spacial score (nSPS) is 12.3. The molecular weight excluding hydrogens is 412 g/mol. The van der Waals surface area contributed by atoms with Crippen LogP contribution in [0.2, 0.25) is 0 Å². The van der Waals surface area contributed by atoms with Gasteiger partial charge in [-0.05, 0) is 38.2 Å². The van der Waals surface area contributed by atoms with Crippen LogP contribution in [0.15, 0.2) is 40.2 Å². The SMILES string of the molecule is COc1cccc(C(CNC(=O)CCCn2cnc3c2c(=O)n(C)c(=O)n3C)N(C)C)c1. The fourth-order valence-corrected chi connectivity index (χ4v) is 3.72. The van der Waals surface area contributed by atoms with Crippen molar-refractivity contribution < 1.29 is 9.53 Å². The highest BCUT2D eigenvalue weighted by molar-refractivity contribution is 5.76. The summed E-state index contributed by atoms with van der Waals surface area (Å²) in [5.74, 6) is 0.710. The Bertz CT molecular complexity index is 1220. The molecule has 1 atom stereocenters. The predicted molar refractivity (Wildman–Crippen MR) is 122 cm³/mol. The minimum atomic E-state index is -0.418. The molecule has 0 aliphatic rings. The number of hydrogen-bond donors (Lipinski definition) is 1. The van der Waals surface area contributed by atoms with E-state index in [4.69, 9.17) is 4.74 Å². The first kappa shape index (κ1) is 23.3. The summed E-state index contributed by atoms with van der Waals surface area (Å²) in [6, 6.07) is 7.81. The van der Waals surface area contributed by atoms with Crippen molar-refractivity contribution in [1.29, 1.82) is 0 Å². The lowest BCUT2D eigenvalue weighted by molar-refractivity contribution is -0.121. The summed E-state index contributed by atoms with van der Waals surface area (Å²) < 4.78 is 9.41. The fraction of sp³-hybridized carbons (Fsp3) is 0.455. The third-order valence-electron chi connectivity index (χ3n) is 5.61. The van der Waals surface area contributed by atoms with Crippen LogP contribution in [0.1, 0.15) is 24.4 Å². The monoisotopic (exact) mass is 442 g/mol. The molecule has 0 saturated carbocycles. The Morgan fingerprint density at radius 2 is 1.97 bits per heavy atom. The predicted octanol–water partition coefficient (Wildman–Crippen LogP) is 0.642. The highest BCUT2D eigenvalue weighted by Gasteiger charge is 2.17. The average Bonchev–Trinajstić information content (AvgIpc) is 3.20. The molecular formula is C22H30N6O4. The number of aryl methyl sites for hydroxylation is 2. The van der Waals surface area contributed by atoms with E-state index in [1.165, 1.54) is 17.9 Å². The first-order valence-corrected chi connectivity index (χ1v) is 10.4. The Kier molecular flexibility index (Phi) is 7.14. The molecule has 0 aliphatic carbocycles. The molecule has 172 valence electrons. The summed E-state index contributed by atoms with van der Waals surface area (Å²) in [6.07, 6.45) is 2.38. The number of carbonyl (C=O) groups excluding carboxylic acids is 1. The summed E-state index contributed by atoms with van der Waals surface area (Å²) in [6.45, 7) is 0.917. The van der Waals surface area contributed by atoms with Crippen LogP contribution < -0.4 is 21.3 Å². The highest BCUT2D eigenvalue weighted by Crippen LogP contribution is 2.22. The number of methoxy groups -OCH3 is 1. The smallest absolute Gasteiger partial charge is 0.332 e. The molecule has 2 aromatic heterocycles. The fourth-order valence-electron chi connectivity index (χ4n) is 3.72. The second-order valence-electron chi connectivity index (χ2n) is 7.98. The van der Waals surface area contributed by atoms with Crippen LogP contribution in [0, 0.1) is 0 Å². The largest absolute Gasteiger partial charge is 0.497 e. The molecule has 0 aliphatic heterocycles. The molecule has 0 fully saturated rings. The number of aromatic nitrogens is 4. The minimum Gasteiger partial charge on any atom is -0.497 e. The quantitative estimate of drug-likeness (QED) is 0.522. The van der Waals surface area contributed by atoms with Crippen LogP contribution in [0.4, 0.5) is 0 Å². The summed E-state index contributed by atoms with van der Waals surface area (Å²) in [5, 5.41) is 3.00. The van der Waals surface area contributed by atoms with Gasteiger partial charge in [-0.3, -0.25) is 18.7 Å². The van der Waals surface area contributed by atoms with Gasteiger partial charge in [-0.1, -0.05) is 12.1 Å². The van der Waals surface area contributed by atoms with Gasteiger partial charge >= 0.3 is 5.69 Å². The molecule has 3 aromatic rings. The molecule has 32 heavy (non-hydrogen) atoms. The van der Waals surface area contributed by atoms with Gasteiger partial charge in [0.25, 0.3) is 5.56 Å². The van der Waals surface area contributed by atoms with Crippen LogP contribution in [0.3, 0.4) is 0 Å². The van der Waals surface area contributed by atoms with Gasteiger partial charge in [0.2, 0.25) is 5.91 Å². The average molecular weight is 443 g/mol. The lowest BCUT2D eigenvalue weighted by atomic mass is 10.1. The first-order chi connectivity index (χ1) is 15.2. The van der Waals surface area contributed by atoms with Crippen molar-refractivity contribution in [2.24, 2.45) is 14.1 Å². The summed E-state index contributed by atoms with van der Waals surface area (Å²) in [7, 11) is 8.59. The zero-order valence-electron chi connectivity index (χ0n) is 19.2. The van der Waals surface area contributed by atoms with Gasteiger partial charge < -0.3 is 19.5 Å². The molecule has 0 bridgehead atoms. The number of carbonyl (C=O) groups is 1. The Hall–Kier alpha value is -3.40. The van der Waals surface area contributed by atoms with Crippen molar-refractivity contribution in [3.8, 4) is 5.75 Å². The Morgan fingerprint density at radius 3 is 2.66 bits per heavy atom. The molecule has 10 heteroatoms. The Labute approximate surface area is 186 Å². The molecule has 0 radical (unpaired) electrons. The van der Waals surface area contributed by atoms with Crippen LogP contribution in [0.25, 0.3) is 11.2 Å². The third kappa shape index (κ3) is 4.75. The molecule has 1 amide bonds. The highest BCUT2D eigenvalue weighted by atomic mass is 16.5. The lowest BCUT2D eigenvalue weighted by Crippen LogP contribution is -2.37. The summed E-state index contributed by atoms with van der Waals surface area (Å²) in [4.78, 5) is 43.2. The number of rotatable bonds is 9. The van der Waals surface area contributed by atoms with Crippen molar-refractivity contribution in [1.82, 2.24) is 28.9 Å². The van der Waals surface area contributed by atoms with Gasteiger partial charge in [0.1, 0.15) is 5.75 Å². The molecule has 0 spiro atoms. The van der Waals surface area contributed by atoms with Gasteiger partial charge in [0.15, 0.2) is 11.2 Å². The summed E-state index contributed by atoms with van der Waals surface area (Å²) in [5.41, 5.74) is 0.951. The van der Waals surface area contributed by atoms with E-state index in [0.717, 1.165) is 15.9 Å². The Balaban J connectivity index is 1.61. The molecule has 1 unspecified atom stereocenters. The van der Waals surface area contributed by atoms with E-state index < -0.39 is 11.2 Å². The third-order valence-corrected chi connectivity index (χ3v) is 5.61. The number of likely N-dealkylation sites (N-methyl/N-ethyl adjacent to an activating group) is 1. The number of imidazole rings is 1. The maximum Gasteiger partial charge on any atom is 0.332 e. The lowest BCUT2D eigenvalue weighted by Gasteiger charge is -2.25. The van der Waals surface area contributed by atoms with Crippen LogP contribution >= 0.6 is 0 Å². The van der Waals surface area contributed by atoms with Crippen molar-refractivity contribution >= 4 is 17.1 Å². The molecule has 1 aromatic carbocycles. The maximum atomic E-state index is 12.5. The standard InChI is InChI=1S/C22H30N6O4/c1-25(2)17(15-8-6-9-16(12-15)32-5)13-23-18(29)10-7-11-28-14-24-20-19(28)21(30)27(4)22(31)26(20)3/h6,8-9,12,14,17H,7,10-11,13H2,1-5H3,(H,23,29). The molecule has 2 heterocycles. The van der Waals surface area contributed by atoms with E-state index in [0.29, 0.717) is 37.1 Å². The summed E-state index contributed by atoms with van der Waals surface area (Å²) >= 11 is 0. The minimum absolute atomic E-state index is 0.0101. The van der Waals surface area contributed by atoms with E-state index in [-0.39, 0.29) is 11.9 Å². The number of nitrogens with zero attached hydrogens (tertiary/aromatic N) is 5. The number of nitrogens with one attached hydrogen (secondary N) is 1. The Morgan fingerprint density at radius 1 is 1.22 bits per heavy atom. The number of fused-ring (bicyclic) bond motifs is 1. The van der Waals surface area contributed by atoms with Gasteiger partial charge in [0.05, 0.1) is 19.5 Å². The van der Waals surface area contributed by atoms with Gasteiger partial charge in [0, 0.05) is 33.6 Å². The number of benzene rings is 1. The van der Waals surface area contributed by atoms with Crippen molar-refractivity contribution in [2.75, 3.05) is 27.7 Å². The van der Waals surface area contributed by atoms with E-state index in [1.807, 2.05) is 43.3 Å². The van der Waals surface area contributed by atoms with Crippen LogP contribution in [-0.2, 0) is 25.4 Å². The number of hydrogen-bond acceptors (Lipinski definition) is 6. The van der Waals surface area contributed by atoms with Crippen molar-refractivity contribution in [3.05, 3.63) is 57.0 Å². The second-order valence-corrected chi connectivity index (χ2v) is 7.98. The van der Waals surface area contributed by atoms with E-state index >= 15 is 0 Å². The van der Waals surface area contributed by atoms with Crippen LogP contribution in [-0.4, -0.2) is 57.2 Å². The first-order valence-electron chi connectivity index (χ1n) is 10.4. The zero-order valence-corrected chi connectivity index (χ0v) is 19.2. The molecule has 1 N–H and O–H groups in total. The number of ether oxygens (including phenoxy) is 1. The topological polar surface area (TPSA) is 103 Å². The van der Waals surface area contributed by atoms with Crippen molar-refractivity contribution in [3.63, 3.8) is 0 Å². The van der Waals surface area contributed by atoms with E-state index in [1.54, 1.807) is 18.7 Å². The zero-order chi connectivity index (χ0) is 23.4. The van der Waals surface area contributed by atoms with Gasteiger partial charge in [-0.25, -0.2) is 9.78 Å². The van der Waals surface area contributed by atoms with Crippen LogP contribution in [0.5, 0.6) is 5.75 Å². The molecule has 3 rings (SSSR count). The second kappa shape index (κ2) is 9.82. The molecule has 10 nitrogen and oxygen atoms in total.